The number of rotatable bonds is 4. The third-order valence-corrected chi connectivity index (χ3v) is 4.65. The molecule has 1 heterocycles. The Bertz CT molecular complexity index is 978. The molecule has 1 aliphatic heterocycles. The van der Waals surface area contributed by atoms with Gasteiger partial charge in [-0.1, -0.05) is 18.2 Å². The average molecular weight is 399 g/mol. The number of nitro groups is 1. The molecule has 2 aromatic rings. The number of urea groups is 1. The van der Waals surface area contributed by atoms with Crippen LogP contribution >= 0.6 is 12.2 Å². The van der Waals surface area contributed by atoms with Crippen molar-refractivity contribution < 1.29 is 14.5 Å². The van der Waals surface area contributed by atoms with Crippen molar-refractivity contribution >= 4 is 40.6 Å². The maximum atomic E-state index is 12.9. The number of imide groups is 1. The number of para-hydroxylation sites is 1. The molecule has 1 atom stereocenters. The number of non-ortho nitro benzene ring substituents is 1. The maximum Gasteiger partial charge on any atom is 0.344 e. The molecule has 3 N–H and O–H groups in total. The van der Waals surface area contributed by atoms with Gasteiger partial charge < -0.3 is 10.6 Å². The largest absolute Gasteiger partial charge is 0.344 e. The molecule has 3 amide bonds. The number of hydrogen-bond acceptors (Lipinski definition) is 5. The number of carbonyl (C=O) groups excluding carboxylic acids is 2. The summed E-state index contributed by atoms with van der Waals surface area (Å²) in [5.74, 6) is -0.583. The standard InChI is InChI=1S/C18H17N5O4S/c1-11-5-3-4-6-14(11)19-16(28)21-22-15(24)18(2,20-17(22)25)12-7-9-13(10-8-12)23(26)27/h3-10H,1-2H3,(H,20,25)(H2,19,21,28)/t18-/m1/s1. The van der Waals surface area contributed by atoms with Crippen LogP contribution in [-0.4, -0.2) is 27.0 Å². The van der Waals surface area contributed by atoms with Crippen LogP contribution in [0, 0.1) is 17.0 Å². The van der Waals surface area contributed by atoms with Crippen LogP contribution in [0.1, 0.15) is 18.1 Å². The summed E-state index contributed by atoms with van der Waals surface area (Å²) in [4.78, 5) is 35.5. The van der Waals surface area contributed by atoms with E-state index in [1.165, 1.54) is 31.2 Å². The van der Waals surface area contributed by atoms with Gasteiger partial charge in [0.2, 0.25) is 0 Å². The highest BCUT2D eigenvalue weighted by molar-refractivity contribution is 7.80. The van der Waals surface area contributed by atoms with Crippen LogP contribution < -0.4 is 16.1 Å². The Hall–Kier alpha value is -3.53. The number of amides is 3. The zero-order chi connectivity index (χ0) is 20.5. The molecule has 0 aliphatic carbocycles. The molecular weight excluding hydrogens is 382 g/mol. The molecule has 9 nitrogen and oxygen atoms in total. The molecule has 10 heteroatoms. The van der Waals surface area contributed by atoms with Gasteiger partial charge in [-0.15, -0.1) is 0 Å². The van der Waals surface area contributed by atoms with E-state index in [0.717, 1.165) is 16.3 Å². The van der Waals surface area contributed by atoms with Crippen molar-refractivity contribution in [3.8, 4) is 0 Å². The van der Waals surface area contributed by atoms with Gasteiger partial charge in [-0.05, 0) is 55.4 Å². The van der Waals surface area contributed by atoms with Crippen LogP contribution in [0.4, 0.5) is 16.2 Å². The molecule has 144 valence electrons. The Morgan fingerprint density at radius 2 is 1.82 bits per heavy atom. The van der Waals surface area contributed by atoms with Crippen LogP contribution in [0.15, 0.2) is 48.5 Å². The summed E-state index contributed by atoms with van der Waals surface area (Å²) >= 11 is 5.20. The van der Waals surface area contributed by atoms with Crippen molar-refractivity contribution in [3.63, 3.8) is 0 Å². The van der Waals surface area contributed by atoms with Crippen LogP contribution in [-0.2, 0) is 10.3 Å². The highest BCUT2D eigenvalue weighted by atomic mass is 32.1. The third kappa shape index (κ3) is 3.49. The first-order valence-electron chi connectivity index (χ1n) is 8.27. The van der Waals surface area contributed by atoms with Gasteiger partial charge in [-0.3, -0.25) is 20.3 Å². The minimum absolute atomic E-state index is 0.0748. The van der Waals surface area contributed by atoms with Gasteiger partial charge in [0, 0.05) is 17.8 Å². The Labute approximate surface area is 165 Å². The lowest BCUT2D eigenvalue weighted by Gasteiger charge is -2.22. The number of hydrazine groups is 1. The smallest absolute Gasteiger partial charge is 0.331 e. The molecule has 0 spiro atoms. The van der Waals surface area contributed by atoms with E-state index in [-0.39, 0.29) is 10.8 Å². The Kier molecular flexibility index (Phi) is 4.97. The Morgan fingerprint density at radius 1 is 1.18 bits per heavy atom. The highest BCUT2D eigenvalue weighted by Crippen LogP contribution is 2.29. The van der Waals surface area contributed by atoms with Crippen molar-refractivity contribution in [3.05, 3.63) is 69.8 Å². The van der Waals surface area contributed by atoms with Crippen molar-refractivity contribution in [1.29, 1.82) is 0 Å². The molecule has 3 rings (SSSR count). The molecule has 0 aromatic heterocycles. The Morgan fingerprint density at radius 3 is 2.43 bits per heavy atom. The molecular formula is C18H17N5O4S. The summed E-state index contributed by atoms with van der Waals surface area (Å²) in [6.45, 7) is 3.41. The number of carbonyl (C=O) groups is 2. The molecule has 0 radical (unpaired) electrons. The van der Waals surface area contributed by atoms with Crippen molar-refractivity contribution in [2.24, 2.45) is 0 Å². The van der Waals surface area contributed by atoms with Crippen molar-refractivity contribution in [2.45, 2.75) is 19.4 Å². The molecule has 2 aromatic carbocycles. The topological polar surface area (TPSA) is 117 Å². The second-order valence-electron chi connectivity index (χ2n) is 6.38. The van der Waals surface area contributed by atoms with Crippen LogP contribution in [0.2, 0.25) is 0 Å². The number of nitro benzene ring substituents is 1. The predicted octanol–water partition coefficient (Wildman–Crippen LogP) is 2.57. The first kappa shape index (κ1) is 19.2. The second kappa shape index (κ2) is 7.24. The summed E-state index contributed by atoms with van der Waals surface area (Å²) in [6, 6.07) is 12.2. The maximum absolute atomic E-state index is 12.9. The number of nitrogens with one attached hydrogen (secondary N) is 3. The predicted molar refractivity (Wildman–Crippen MR) is 106 cm³/mol. The van der Waals surface area contributed by atoms with E-state index in [9.17, 15) is 19.7 Å². The first-order valence-corrected chi connectivity index (χ1v) is 8.68. The number of nitrogens with zero attached hydrogens (tertiary/aromatic N) is 2. The van der Waals surface area contributed by atoms with Crippen LogP contribution in [0.5, 0.6) is 0 Å². The molecule has 0 bridgehead atoms. The van der Waals surface area contributed by atoms with Gasteiger partial charge in [0.25, 0.3) is 11.6 Å². The fourth-order valence-corrected chi connectivity index (χ4v) is 3.02. The summed E-state index contributed by atoms with van der Waals surface area (Å²) < 4.78 is 0. The van der Waals surface area contributed by atoms with Crippen molar-refractivity contribution in [2.75, 3.05) is 5.32 Å². The van der Waals surface area contributed by atoms with E-state index in [1.807, 2.05) is 31.2 Å². The molecule has 1 aliphatic rings. The number of thiocarbonyl (C=S) groups is 1. The van der Waals surface area contributed by atoms with Crippen molar-refractivity contribution in [1.82, 2.24) is 15.8 Å². The Balaban J connectivity index is 1.76. The quantitative estimate of drug-likeness (QED) is 0.313. The number of hydrogen-bond donors (Lipinski definition) is 3. The van der Waals surface area contributed by atoms with Gasteiger partial charge in [0.05, 0.1) is 4.92 Å². The summed E-state index contributed by atoms with van der Waals surface area (Å²) in [5.41, 5.74) is 3.21. The SMILES string of the molecule is Cc1ccccc1NC(=S)NN1C(=O)N[C@](C)(c2ccc([N+](=O)[O-])cc2)C1=O. The minimum atomic E-state index is -1.38. The van der Waals surface area contributed by atoms with Gasteiger partial charge in [0.1, 0.15) is 5.54 Å². The monoisotopic (exact) mass is 399 g/mol. The summed E-state index contributed by atoms with van der Waals surface area (Å²) in [6.07, 6.45) is 0. The number of anilines is 1. The molecule has 1 fully saturated rings. The molecule has 0 unspecified atom stereocenters. The lowest BCUT2D eigenvalue weighted by Crippen LogP contribution is -2.49. The first-order chi connectivity index (χ1) is 13.2. The van der Waals surface area contributed by atoms with Gasteiger partial charge in [0.15, 0.2) is 5.11 Å². The van der Waals surface area contributed by atoms with E-state index in [4.69, 9.17) is 12.2 Å². The van der Waals surface area contributed by atoms with E-state index >= 15 is 0 Å². The highest BCUT2D eigenvalue weighted by Gasteiger charge is 2.49. The molecule has 0 saturated carbocycles. The lowest BCUT2D eigenvalue weighted by molar-refractivity contribution is -0.384. The van der Waals surface area contributed by atoms with E-state index in [1.54, 1.807) is 0 Å². The zero-order valence-corrected chi connectivity index (χ0v) is 15.9. The van der Waals surface area contributed by atoms with Gasteiger partial charge >= 0.3 is 6.03 Å². The van der Waals surface area contributed by atoms with Gasteiger partial charge in [-0.2, -0.15) is 5.01 Å². The zero-order valence-electron chi connectivity index (χ0n) is 15.1. The number of benzene rings is 2. The summed E-state index contributed by atoms with van der Waals surface area (Å²) in [7, 11) is 0. The minimum Gasteiger partial charge on any atom is -0.331 e. The third-order valence-electron chi connectivity index (χ3n) is 4.45. The van der Waals surface area contributed by atoms with E-state index in [2.05, 4.69) is 16.1 Å². The summed E-state index contributed by atoms with van der Waals surface area (Å²) in [5, 5.41) is 17.2. The van der Waals surface area contributed by atoms with Gasteiger partial charge in [-0.25, -0.2) is 4.79 Å². The van der Waals surface area contributed by atoms with Crippen LogP contribution in [0.3, 0.4) is 0 Å². The van der Waals surface area contributed by atoms with E-state index in [0.29, 0.717) is 5.56 Å². The molecule has 1 saturated heterocycles. The second-order valence-corrected chi connectivity index (χ2v) is 6.79. The van der Waals surface area contributed by atoms with Crippen LogP contribution in [0.25, 0.3) is 0 Å². The lowest BCUT2D eigenvalue weighted by atomic mass is 9.92. The average Bonchev–Trinajstić information content (AvgIpc) is 2.88. The van der Waals surface area contributed by atoms with E-state index < -0.39 is 22.4 Å². The molecule has 28 heavy (non-hydrogen) atoms. The number of aryl methyl sites for hydroxylation is 1. The fraction of sp³-hybridized carbons (Fsp3) is 0.167. The normalized spacial score (nSPS) is 18.6. The fourth-order valence-electron chi connectivity index (χ4n) is 2.82.